The Morgan fingerprint density at radius 3 is 2.47 bits per heavy atom. The Labute approximate surface area is 177 Å². The zero-order valence-electron chi connectivity index (χ0n) is 16.8. The molecule has 1 aliphatic heterocycles. The van der Waals surface area contributed by atoms with Gasteiger partial charge >= 0.3 is 5.69 Å². The van der Waals surface area contributed by atoms with E-state index < -0.39 is 11.2 Å². The topological polar surface area (TPSA) is 85.8 Å². The highest BCUT2D eigenvalue weighted by molar-refractivity contribution is 7.99. The molecule has 0 aliphatic carbocycles. The molecule has 0 fully saturated rings. The van der Waals surface area contributed by atoms with Crippen molar-refractivity contribution in [3.05, 3.63) is 80.5 Å². The molecule has 0 amide bonds. The van der Waals surface area contributed by atoms with Crippen LogP contribution in [-0.4, -0.2) is 27.1 Å². The summed E-state index contributed by atoms with van der Waals surface area (Å²) >= 11 is 1.65. The molecule has 0 saturated carbocycles. The lowest BCUT2D eigenvalue weighted by molar-refractivity contribution is 0.410. The molecule has 0 radical (unpaired) electrons. The van der Waals surface area contributed by atoms with Crippen molar-refractivity contribution in [3.8, 4) is 11.6 Å². The molecule has 30 heavy (non-hydrogen) atoms. The van der Waals surface area contributed by atoms with Crippen LogP contribution in [0.2, 0.25) is 0 Å². The van der Waals surface area contributed by atoms with Crippen LogP contribution in [0.1, 0.15) is 22.8 Å². The van der Waals surface area contributed by atoms with Gasteiger partial charge in [-0.05, 0) is 29.8 Å². The minimum atomic E-state index is -0.586. The van der Waals surface area contributed by atoms with Crippen LogP contribution in [0.4, 0.5) is 5.69 Å². The first-order chi connectivity index (χ1) is 14.4. The van der Waals surface area contributed by atoms with Crippen LogP contribution >= 0.6 is 11.8 Å². The fraction of sp³-hybridized carbons (Fsp3) is 0.227. The Hall–Kier alpha value is -3.26. The van der Waals surface area contributed by atoms with Crippen molar-refractivity contribution in [2.75, 3.05) is 7.11 Å². The molecule has 0 unspecified atom stereocenters. The van der Waals surface area contributed by atoms with Gasteiger partial charge in [-0.2, -0.15) is 0 Å². The van der Waals surface area contributed by atoms with Crippen molar-refractivity contribution in [1.82, 2.24) is 9.13 Å². The third kappa shape index (κ3) is 3.43. The SMILES string of the molecule is COc1ccc([C@@H]2CC(c3c(O)n(C)c(=O)n(C)c3=O)=Nc3ccccc3S2)cc1. The molecule has 2 aromatic carbocycles. The summed E-state index contributed by atoms with van der Waals surface area (Å²) in [6.45, 7) is 0. The van der Waals surface area contributed by atoms with E-state index in [1.165, 1.54) is 14.1 Å². The first-order valence-corrected chi connectivity index (χ1v) is 10.2. The summed E-state index contributed by atoms with van der Waals surface area (Å²) in [4.78, 5) is 30.8. The number of hydrogen-bond acceptors (Lipinski definition) is 6. The number of rotatable bonds is 3. The number of aliphatic imine (C=N–C) groups is 1. The Balaban J connectivity index is 1.90. The van der Waals surface area contributed by atoms with E-state index in [1.54, 1.807) is 18.9 Å². The van der Waals surface area contributed by atoms with Crippen LogP contribution in [0.5, 0.6) is 11.6 Å². The summed E-state index contributed by atoms with van der Waals surface area (Å²) in [5.74, 6) is 0.385. The molecule has 7 nitrogen and oxygen atoms in total. The minimum Gasteiger partial charge on any atom is -0.497 e. The summed E-state index contributed by atoms with van der Waals surface area (Å²) in [7, 11) is 4.45. The zero-order chi connectivity index (χ0) is 21.4. The third-order valence-electron chi connectivity index (χ3n) is 5.18. The molecular weight excluding hydrogens is 402 g/mol. The average Bonchev–Trinajstić information content (AvgIpc) is 2.96. The van der Waals surface area contributed by atoms with Gasteiger partial charge < -0.3 is 9.84 Å². The lowest BCUT2D eigenvalue weighted by Crippen LogP contribution is -2.40. The molecule has 2 heterocycles. The Bertz CT molecular complexity index is 1260. The number of para-hydroxylation sites is 1. The summed E-state index contributed by atoms with van der Waals surface area (Å²) in [5, 5.41) is 10.6. The number of fused-ring (bicyclic) bond motifs is 1. The largest absolute Gasteiger partial charge is 0.497 e. The lowest BCUT2D eigenvalue weighted by atomic mass is 10.0. The van der Waals surface area contributed by atoms with Crippen LogP contribution in [0.3, 0.4) is 0 Å². The number of ether oxygens (including phenoxy) is 1. The van der Waals surface area contributed by atoms with Gasteiger partial charge in [-0.1, -0.05) is 24.3 Å². The first-order valence-electron chi connectivity index (χ1n) is 9.37. The van der Waals surface area contributed by atoms with Crippen molar-refractivity contribution < 1.29 is 9.84 Å². The third-order valence-corrected chi connectivity index (χ3v) is 6.50. The van der Waals surface area contributed by atoms with Gasteiger partial charge in [0.05, 0.1) is 18.5 Å². The molecule has 1 N–H and O–H groups in total. The van der Waals surface area contributed by atoms with Gasteiger partial charge in [-0.15, -0.1) is 11.8 Å². The summed E-state index contributed by atoms with van der Waals surface area (Å²) in [5.41, 5.74) is 1.12. The Morgan fingerprint density at radius 1 is 1.07 bits per heavy atom. The standard InChI is InChI=1S/C22H21N3O4S/c1-24-20(26)19(21(27)25(2)22(24)28)16-12-18(13-8-10-14(29-3)11-9-13)30-17-7-5-4-6-15(17)23-16/h4-11,18,26H,12H2,1-3H3/t18-/m0/s1. The van der Waals surface area contributed by atoms with E-state index in [-0.39, 0.29) is 16.7 Å². The lowest BCUT2D eigenvalue weighted by Gasteiger charge is -2.17. The fourth-order valence-electron chi connectivity index (χ4n) is 3.46. The van der Waals surface area contributed by atoms with E-state index in [1.807, 2.05) is 48.5 Å². The fourth-order valence-corrected chi connectivity index (χ4v) is 4.69. The second-order valence-electron chi connectivity index (χ2n) is 7.01. The maximum atomic E-state index is 12.9. The van der Waals surface area contributed by atoms with Gasteiger partial charge in [-0.3, -0.25) is 18.9 Å². The molecule has 0 spiro atoms. The molecule has 0 bridgehead atoms. The summed E-state index contributed by atoms with van der Waals surface area (Å²) in [6, 6.07) is 15.5. The second kappa shape index (κ2) is 7.87. The maximum absolute atomic E-state index is 12.9. The quantitative estimate of drug-likeness (QED) is 0.699. The van der Waals surface area contributed by atoms with Gasteiger partial charge in [0.15, 0.2) is 0 Å². The first kappa shape index (κ1) is 20.0. The van der Waals surface area contributed by atoms with E-state index >= 15 is 0 Å². The van der Waals surface area contributed by atoms with Gasteiger partial charge in [-0.25, -0.2) is 4.79 Å². The Kier molecular flexibility index (Phi) is 5.26. The van der Waals surface area contributed by atoms with Crippen molar-refractivity contribution >= 4 is 23.2 Å². The van der Waals surface area contributed by atoms with Gasteiger partial charge in [0.1, 0.15) is 11.3 Å². The number of aromatic nitrogens is 2. The number of methoxy groups -OCH3 is 1. The molecule has 1 atom stereocenters. The highest BCUT2D eigenvalue weighted by Crippen LogP contribution is 2.45. The van der Waals surface area contributed by atoms with Crippen molar-refractivity contribution in [2.24, 2.45) is 19.1 Å². The molecule has 1 aliphatic rings. The number of nitrogens with zero attached hydrogens (tertiary/aromatic N) is 3. The molecule has 154 valence electrons. The molecule has 0 saturated heterocycles. The molecule has 1 aromatic heterocycles. The monoisotopic (exact) mass is 423 g/mol. The smallest absolute Gasteiger partial charge is 0.333 e. The minimum absolute atomic E-state index is 0.0420. The predicted octanol–water partition coefficient (Wildman–Crippen LogP) is 3.16. The molecular formula is C22H21N3O4S. The maximum Gasteiger partial charge on any atom is 0.333 e. The zero-order valence-corrected chi connectivity index (χ0v) is 17.6. The number of aromatic hydroxyl groups is 1. The molecule has 8 heteroatoms. The van der Waals surface area contributed by atoms with Crippen LogP contribution in [0.25, 0.3) is 0 Å². The van der Waals surface area contributed by atoms with Crippen LogP contribution < -0.4 is 16.0 Å². The van der Waals surface area contributed by atoms with Crippen LogP contribution in [-0.2, 0) is 14.1 Å². The van der Waals surface area contributed by atoms with Crippen molar-refractivity contribution in [2.45, 2.75) is 16.6 Å². The summed E-state index contributed by atoms with van der Waals surface area (Å²) in [6.07, 6.45) is 0.409. The van der Waals surface area contributed by atoms with E-state index in [0.29, 0.717) is 12.1 Å². The van der Waals surface area contributed by atoms with E-state index in [2.05, 4.69) is 0 Å². The van der Waals surface area contributed by atoms with Gasteiger partial charge in [0.25, 0.3) is 5.56 Å². The summed E-state index contributed by atoms with van der Waals surface area (Å²) < 4.78 is 7.31. The normalized spacial score (nSPS) is 15.8. The Morgan fingerprint density at radius 2 is 1.77 bits per heavy atom. The van der Waals surface area contributed by atoms with E-state index in [0.717, 1.165) is 31.0 Å². The molecule has 3 aromatic rings. The highest BCUT2D eigenvalue weighted by atomic mass is 32.2. The average molecular weight is 423 g/mol. The number of thioether (sulfide) groups is 1. The predicted molar refractivity (Wildman–Crippen MR) is 117 cm³/mol. The van der Waals surface area contributed by atoms with Crippen molar-refractivity contribution in [1.29, 1.82) is 0 Å². The van der Waals surface area contributed by atoms with E-state index in [4.69, 9.17) is 9.73 Å². The molecule has 4 rings (SSSR count). The second-order valence-corrected chi connectivity index (χ2v) is 8.26. The van der Waals surface area contributed by atoms with Gasteiger partial charge in [0.2, 0.25) is 5.88 Å². The van der Waals surface area contributed by atoms with Crippen LogP contribution in [0, 0.1) is 0 Å². The highest BCUT2D eigenvalue weighted by Gasteiger charge is 2.27. The van der Waals surface area contributed by atoms with Gasteiger partial charge in [0, 0.05) is 30.7 Å². The number of benzene rings is 2. The van der Waals surface area contributed by atoms with Crippen LogP contribution in [0.15, 0.2) is 68.0 Å². The van der Waals surface area contributed by atoms with E-state index in [9.17, 15) is 14.7 Å². The van der Waals surface area contributed by atoms with Crippen molar-refractivity contribution in [3.63, 3.8) is 0 Å². The number of hydrogen-bond donors (Lipinski definition) is 1.